The summed E-state index contributed by atoms with van der Waals surface area (Å²) in [6.07, 6.45) is 7.08. The average molecular weight is 179 g/mol. The lowest BCUT2D eigenvalue weighted by Gasteiger charge is -2.22. The van der Waals surface area contributed by atoms with Crippen LogP contribution in [0.4, 0.5) is 0 Å². The van der Waals surface area contributed by atoms with Crippen molar-refractivity contribution in [3.8, 4) is 0 Å². The molecule has 3 unspecified atom stereocenters. The summed E-state index contributed by atoms with van der Waals surface area (Å²) in [5.41, 5.74) is 1.30. The molecule has 74 valence electrons. The van der Waals surface area contributed by atoms with Gasteiger partial charge >= 0.3 is 0 Å². The van der Waals surface area contributed by atoms with Crippen molar-refractivity contribution in [1.82, 2.24) is 5.32 Å². The number of fused-ring (bicyclic) bond motifs is 2. The van der Waals surface area contributed by atoms with Crippen LogP contribution in [0, 0.1) is 11.8 Å². The molecule has 2 fully saturated rings. The number of rotatable bonds is 4. The molecule has 0 aromatic carbocycles. The van der Waals surface area contributed by atoms with Gasteiger partial charge in [0.15, 0.2) is 0 Å². The molecule has 0 radical (unpaired) electrons. The van der Waals surface area contributed by atoms with Crippen molar-refractivity contribution in [2.45, 2.75) is 45.1 Å². The van der Waals surface area contributed by atoms with E-state index in [4.69, 9.17) is 0 Å². The largest absolute Gasteiger partial charge is 0.313 e. The first-order valence-electron chi connectivity index (χ1n) is 5.63. The first-order valence-corrected chi connectivity index (χ1v) is 5.63. The molecule has 2 aliphatic carbocycles. The Bertz CT molecular complexity index is 197. The van der Waals surface area contributed by atoms with E-state index in [0.29, 0.717) is 0 Å². The van der Waals surface area contributed by atoms with Crippen molar-refractivity contribution in [2.75, 3.05) is 6.54 Å². The molecule has 0 spiro atoms. The van der Waals surface area contributed by atoms with Crippen molar-refractivity contribution in [3.05, 3.63) is 12.2 Å². The van der Waals surface area contributed by atoms with Crippen LogP contribution < -0.4 is 5.32 Å². The van der Waals surface area contributed by atoms with Crippen LogP contribution in [0.15, 0.2) is 12.2 Å². The van der Waals surface area contributed by atoms with E-state index in [-0.39, 0.29) is 0 Å². The molecule has 1 nitrogen and oxygen atoms in total. The predicted octanol–water partition coefficient (Wildman–Crippen LogP) is 2.73. The zero-order valence-corrected chi connectivity index (χ0v) is 8.68. The lowest BCUT2D eigenvalue weighted by atomic mass is 9.95. The SMILES string of the molecule is C=C(C)CCNC1CC2CCC1C2. The van der Waals surface area contributed by atoms with Gasteiger partial charge in [0.05, 0.1) is 0 Å². The molecule has 1 N–H and O–H groups in total. The van der Waals surface area contributed by atoms with Gasteiger partial charge in [-0.3, -0.25) is 0 Å². The Morgan fingerprint density at radius 2 is 2.23 bits per heavy atom. The zero-order chi connectivity index (χ0) is 9.26. The maximum absolute atomic E-state index is 3.93. The molecule has 13 heavy (non-hydrogen) atoms. The summed E-state index contributed by atoms with van der Waals surface area (Å²) in [6.45, 7) is 7.18. The molecule has 1 heteroatoms. The standard InChI is InChI=1S/C12H21N/c1-9(2)5-6-13-12-8-10-3-4-11(12)7-10/h10-13H,1,3-8H2,2H3. The summed E-state index contributed by atoms with van der Waals surface area (Å²) in [7, 11) is 0. The van der Waals surface area contributed by atoms with Crippen LogP contribution in [0.1, 0.15) is 39.0 Å². The first kappa shape index (κ1) is 9.26. The van der Waals surface area contributed by atoms with Gasteiger partial charge < -0.3 is 5.32 Å². The highest BCUT2D eigenvalue weighted by Crippen LogP contribution is 2.44. The van der Waals surface area contributed by atoms with E-state index in [1.165, 1.54) is 31.3 Å². The third-order valence-electron chi connectivity index (χ3n) is 3.70. The monoisotopic (exact) mass is 179 g/mol. The van der Waals surface area contributed by atoms with Crippen LogP contribution in [0.5, 0.6) is 0 Å². The van der Waals surface area contributed by atoms with Crippen molar-refractivity contribution in [1.29, 1.82) is 0 Å². The summed E-state index contributed by atoms with van der Waals surface area (Å²) >= 11 is 0. The third-order valence-corrected chi connectivity index (χ3v) is 3.70. The van der Waals surface area contributed by atoms with E-state index >= 15 is 0 Å². The molecule has 0 aromatic rings. The van der Waals surface area contributed by atoms with Crippen molar-refractivity contribution < 1.29 is 0 Å². The van der Waals surface area contributed by atoms with E-state index in [9.17, 15) is 0 Å². The normalized spacial score (nSPS) is 36.8. The molecular weight excluding hydrogens is 158 g/mol. The second-order valence-corrected chi connectivity index (χ2v) is 4.94. The quantitative estimate of drug-likeness (QED) is 0.654. The summed E-state index contributed by atoms with van der Waals surface area (Å²) in [5.74, 6) is 2.07. The van der Waals surface area contributed by atoms with Gasteiger partial charge in [0.2, 0.25) is 0 Å². The number of hydrogen-bond donors (Lipinski definition) is 1. The van der Waals surface area contributed by atoms with Crippen LogP contribution in [-0.2, 0) is 0 Å². The highest BCUT2D eigenvalue weighted by atomic mass is 14.9. The molecule has 2 rings (SSSR count). The first-order chi connectivity index (χ1) is 6.25. The maximum atomic E-state index is 3.93. The van der Waals surface area contributed by atoms with Crippen LogP contribution >= 0.6 is 0 Å². The smallest absolute Gasteiger partial charge is 0.00981 e. The molecule has 3 atom stereocenters. The zero-order valence-electron chi connectivity index (χ0n) is 8.68. The molecule has 2 bridgehead atoms. The number of hydrogen-bond acceptors (Lipinski definition) is 1. The van der Waals surface area contributed by atoms with Crippen molar-refractivity contribution in [2.24, 2.45) is 11.8 Å². The van der Waals surface area contributed by atoms with E-state index in [1.807, 2.05) is 0 Å². The van der Waals surface area contributed by atoms with Gasteiger partial charge in [-0.25, -0.2) is 0 Å². The average Bonchev–Trinajstić information content (AvgIpc) is 2.64. The van der Waals surface area contributed by atoms with Crippen LogP contribution in [0.3, 0.4) is 0 Å². The summed E-state index contributed by atoms with van der Waals surface area (Å²) in [5, 5.41) is 3.68. The van der Waals surface area contributed by atoms with Crippen LogP contribution in [-0.4, -0.2) is 12.6 Å². The van der Waals surface area contributed by atoms with Gasteiger partial charge in [0, 0.05) is 6.04 Å². The molecule has 0 saturated heterocycles. The molecule has 0 heterocycles. The fourth-order valence-electron chi connectivity index (χ4n) is 2.97. The highest BCUT2D eigenvalue weighted by molar-refractivity contribution is 4.95. The minimum absolute atomic E-state index is 0.845. The minimum atomic E-state index is 0.845. The Morgan fingerprint density at radius 3 is 2.77 bits per heavy atom. The molecule has 2 saturated carbocycles. The lowest BCUT2D eigenvalue weighted by Crippen LogP contribution is -2.34. The maximum Gasteiger partial charge on any atom is 0.00981 e. The second kappa shape index (κ2) is 3.83. The minimum Gasteiger partial charge on any atom is -0.313 e. The predicted molar refractivity (Wildman–Crippen MR) is 56.7 cm³/mol. The molecule has 0 aliphatic heterocycles. The van der Waals surface area contributed by atoms with Gasteiger partial charge in [0.1, 0.15) is 0 Å². The summed E-state index contributed by atoms with van der Waals surface area (Å²) < 4.78 is 0. The summed E-state index contributed by atoms with van der Waals surface area (Å²) in [4.78, 5) is 0. The van der Waals surface area contributed by atoms with Gasteiger partial charge in [-0.15, -0.1) is 6.58 Å². The van der Waals surface area contributed by atoms with E-state index in [1.54, 1.807) is 0 Å². The van der Waals surface area contributed by atoms with E-state index in [2.05, 4.69) is 18.8 Å². The van der Waals surface area contributed by atoms with Crippen molar-refractivity contribution >= 4 is 0 Å². The third kappa shape index (κ3) is 2.14. The number of nitrogens with one attached hydrogen (secondary N) is 1. The Hall–Kier alpha value is -0.300. The molecule has 0 aromatic heterocycles. The van der Waals surface area contributed by atoms with Gasteiger partial charge in [-0.05, 0) is 51.0 Å². The Morgan fingerprint density at radius 1 is 1.38 bits per heavy atom. The van der Waals surface area contributed by atoms with Gasteiger partial charge in [-0.1, -0.05) is 12.0 Å². The van der Waals surface area contributed by atoms with Gasteiger partial charge in [0.25, 0.3) is 0 Å². The van der Waals surface area contributed by atoms with Gasteiger partial charge in [-0.2, -0.15) is 0 Å². The highest BCUT2D eigenvalue weighted by Gasteiger charge is 2.38. The topological polar surface area (TPSA) is 12.0 Å². The Labute approximate surface area is 81.6 Å². The van der Waals surface area contributed by atoms with E-state index < -0.39 is 0 Å². The van der Waals surface area contributed by atoms with Crippen LogP contribution in [0.25, 0.3) is 0 Å². The fourth-order valence-corrected chi connectivity index (χ4v) is 2.97. The fraction of sp³-hybridized carbons (Fsp3) is 0.833. The van der Waals surface area contributed by atoms with Crippen molar-refractivity contribution in [3.63, 3.8) is 0 Å². The molecule has 2 aliphatic rings. The Kier molecular flexibility index (Phi) is 2.73. The summed E-state index contributed by atoms with van der Waals surface area (Å²) in [6, 6.07) is 0.845. The van der Waals surface area contributed by atoms with Crippen LogP contribution in [0.2, 0.25) is 0 Å². The Balaban J connectivity index is 1.68. The molecular formula is C12H21N. The second-order valence-electron chi connectivity index (χ2n) is 4.94. The molecule has 0 amide bonds. The van der Waals surface area contributed by atoms with E-state index in [0.717, 1.165) is 30.8 Å². The lowest BCUT2D eigenvalue weighted by molar-refractivity contribution is 0.354.